The number of ether oxygens (including phenoxy) is 1. The van der Waals surface area contributed by atoms with Crippen molar-refractivity contribution in [3.8, 4) is 0 Å². The Kier molecular flexibility index (Phi) is 9.06. The van der Waals surface area contributed by atoms with E-state index in [-0.39, 0.29) is 0 Å². The molecule has 0 aromatic rings. The van der Waals surface area contributed by atoms with Crippen LogP contribution in [0, 0.1) is 5.92 Å². The molecule has 3 nitrogen and oxygen atoms in total. The third kappa shape index (κ3) is 11.8. The van der Waals surface area contributed by atoms with Gasteiger partial charge in [-0.2, -0.15) is 0 Å². The van der Waals surface area contributed by atoms with Crippen LogP contribution in [0.25, 0.3) is 0 Å². The number of nitrogens with zero attached hydrogens (tertiary/aromatic N) is 1. The van der Waals surface area contributed by atoms with E-state index in [1.165, 1.54) is 0 Å². The van der Waals surface area contributed by atoms with Crippen LogP contribution in [0.3, 0.4) is 0 Å². The smallest absolute Gasteiger partial charge is 0.0593 e. The van der Waals surface area contributed by atoms with E-state index in [0.717, 1.165) is 32.8 Å². The minimum Gasteiger partial charge on any atom is -0.380 e. The first-order chi connectivity index (χ1) is 7.02. The molecule has 92 valence electrons. The maximum absolute atomic E-state index is 5.53. The normalized spacial score (nSPS) is 12.0. The average molecular weight is 216 g/mol. The van der Waals surface area contributed by atoms with E-state index in [1.807, 2.05) is 0 Å². The summed E-state index contributed by atoms with van der Waals surface area (Å²) < 4.78 is 5.53. The van der Waals surface area contributed by atoms with E-state index in [1.54, 1.807) is 0 Å². The van der Waals surface area contributed by atoms with Gasteiger partial charge in [-0.05, 0) is 13.0 Å². The molecule has 0 bridgehead atoms. The molecule has 0 atom stereocenters. The Bertz CT molecular complexity index is 138. The van der Waals surface area contributed by atoms with Crippen LogP contribution in [-0.4, -0.2) is 50.8 Å². The van der Waals surface area contributed by atoms with Crippen molar-refractivity contribution in [3.63, 3.8) is 0 Å². The Morgan fingerprint density at radius 1 is 1.13 bits per heavy atom. The maximum atomic E-state index is 5.53. The minimum absolute atomic E-state index is 0.579. The number of hydrogen-bond donors (Lipinski definition) is 1. The standard InChI is InChI=1S/C12H28N2O/c1-11(2)10-15-9-8-14(5)7-6-13-12(3)4/h11-13H,6-10H2,1-5H3. The van der Waals surface area contributed by atoms with Crippen LogP contribution in [0.15, 0.2) is 0 Å². The molecule has 0 radical (unpaired) electrons. The molecule has 0 aromatic carbocycles. The van der Waals surface area contributed by atoms with Crippen molar-refractivity contribution in [2.45, 2.75) is 33.7 Å². The van der Waals surface area contributed by atoms with Crippen LogP contribution >= 0.6 is 0 Å². The third-order valence-electron chi connectivity index (χ3n) is 2.11. The van der Waals surface area contributed by atoms with Gasteiger partial charge in [0.25, 0.3) is 0 Å². The third-order valence-corrected chi connectivity index (χ3v) is 2.11. The summed E-state index contributed by atoms with van der Waals surface area (Å²) in [6, 6.07) is 0.579. The zero-order chi connectivity index (χ0) is 11.7. The Hall–Kier alpha value is -0.120. The number of nitrogens with one attached hydrogen (secondary N) is 1. The van der Waals surface area contributed by atoms with E-state index < -0.39 is 0 Å². The van der Waals surface area contributed by atoms with Gasteiger partial charge in [0.15, 0.2) is 0 Å². The number of hydrogen-bond acceptors (Lipinski definition) is 3. The molecule has 3 heteroatoms. The maximum Gasteiger partial charge on any atom is 0.0593 e. The van der Waals surface area contributed by atoms with Crippen LogP contribution in [0.1, 0.15) is 27.7 Å². The Labute approximate surface area is 95.2 Å². The highest BCUT2D eigenvalue weighted by molar-refractivity contribution is 4.57. The lowest BCUT2D eigenvalue weighted by atomic mass is 10.2. The van der Waals surface area contributed by atoms with Crippen LogP contribution in [0.5, 0.6) is 0 Å². The fraction of sp³-hybridized carbons (Fsp3) is 1.00. The molecule has 0 aliphatic rings. The molecule has 1 N–H and O–H groups in total. The molecule has 0 fully saturated rings. The lowest BCUT2D eigenvalue weighted by Gasteiger charge is -2.18. The lowest BCUT2D eigenvalue weighted by molar-refractivity contribution is 0.0916. The first-order valence-electron chi connectivity index (χ1n) is 6.02. The summed E-state index contributed by atoms with van der Waals surface area (Å²) >= 11 is 0. The molecule has 0 aliphatic carbocycles. The molecule has 0 saturated carbocycles. The fourth-order valence-corrected chi connectivity index (χ4v) is 1.20. The topological polar surface area (TPSA) is 24.5 Å². The largest absolute Gasteiger partial charge is 0.380 e. The summed E-state index contributed by atoms with van der Waals surface area (Å²) in [5.74, 6) is 0.637. The van der Waals surface area contributed by atoms with Crippen LogP contribution < -0.4 is 5.32 Å². The summed E-state index contributed by atoms with van der Waals surface area (Å²) in [5, 5.41) is 3.40. The van der Waals surface area contributed by atoms with Gasteiger partial charge in [0, 0.05) is 32.3 Å². The molecule has 0 amide bonds. The van der Waals surface area contributed by atoms with Gasteiger partial charge in [-0.1, -0.05) is 27.7 Å². The van der Waals surface area contributed by atoms with Crippen molar-refractivity contribution in [1.82, 2.24) is 10.2 Å². The monoisotopic (exact) mass is 216 g/mol. The van der Waals surface area contributed by atoms with Gasteiger partial charge in [0.05, 0.1) is 6.61 Å². The summed E-state index contributed by atoms with van der Waals surface area (Å²) in [6.45, 7) is 13.6. The van der Waals surface area contributed by atoms with Crippen molar-refractivity contribution in [2.24, 2.45) is 5.92 Å². The average Bonchev–Trinajstić information content (AvgIpc) is 2.11. The predicted molar refractivity (Wildman–Crippen MR) is 66.3 cm³/mol. The summed E-state index contributed by atoms with van der Waals surface area (Å²) in [5.41, 5.74) is 0. The van der Waals surface area contributed by atoms with Crippen LogP contribution in [0.2, 0.25) is 0 Å². The Morgan fingerprint density at radius 2 is 1.80 bits per heavy atom. The second-order valence-electron chi connectivity index (χ2n) is 4.88. The lowest BCUT2D eigenvalue weighted by Crippen LogP contribution is -2.34. The fourth-order valence-electron chi connectivity index (χ4n) is 1.20. The summed E-state index contributed by atoms with van der Waals surface area (Å²) in [4.78, 5) is 2.30. The zero-order valence-electron chi connectivity index (χ0n) is 11.0. The highest BCUT2D eigenvalue weighted by Crippen LogP contribution is 1.92. The molecule has 0 aliphatic heterocycles. The van der Waals surface area contributed by atoms with E-state index >= 15 is 0 Å². The molecule has 0 rings (SSSR count). The molecule has 15 heavy (non-hydrogen) atoms. The van der Waals surface area contributed by atoms with Gasteiger partial charge in [-0.25, -0.2) is 0 Å². The molecule has 0 aromatic heterocycles. The Morgan fingerprint density at radius 3 is 2.33 bits per heavy atom. The van der Waals surface area contributed by atoms with E-state index in [4.69, 9.17) is 4.74 Å². The van der Waals surface area contributed by atoms with Gasteiger partial charge >= 0.3 is 0 Å². The molecular weight excluding hydrogens is 188 g/mol. The first kappa shape index (κ1) is 14.9. The molecule has 0 unspecified atom stereocenters. The van der Waals surface area contributed by atoms with Crippen molar-refractivity contribution in [1.29, 1.82) is 0 Å². The van der Waals surface area contributed by atoms with E-state index in [9.17, 15) is 0 Å². The number of rotatable bonds is 9. The summed E-state index contributed by atoms with van der Waals surface area (Å²) in [6.07, 6.45) is 0. The molecule has 0 spiro atoms. The van der Waals surface area contributed by atoms with Gasteiger partial charge < -0.3 is 15.0 Å². The van der Waals surface area contributed by atoms with Gasteiger partial charge in [0.1, 0.15) is 0 Å². The first-order valence-corrected chi connectivity index (χ1v) is 6.02. The van der Waals surface area contributed by atoms with Crippen LogP contribution in [-0.2, 0) is 4.74 Å². The molecule has 0 heterocycles. The SMILES string of the molecule is CC(C)COCCN(C)CCNC(C)C. The zero-order valence-corrected chi connectivity index (χ0v) is 11.0. The van der Waals surface area contributed by atoms with Crippen molar-refractivity contribution in [3.05, 3.63) is 0 Å². The second kappa shape index (κ2) is 9.13. The van der Waals surface area contributed by atoms with Crippen molar-refractivity contribution >= 4 is 0 Å². The van der Waals surface area contributed by atoms with Crippen LogP contribution in [0.4, 0.5) is 0 Å². The van der Waals surface area contributed by atoms with Crippen molar-refractivity contribution in [2.75, 3.05) is 39.9 Å². The number of likely N-dealkylation sites (N-methyl/N-ethyl adjacent to an activating group) is 1. The molecule has 0 saturated heterocycles. The summed E-state index contributed by atoms with van der Waals surface area (Å²) in [7, 11) is 2.14. The quantitative estimate of drug-likeness (QED) is 0.592. The predicted octanol–water partition coefficient (Wildman–Crippen LogP) is 1.59. The second-order valence-corrected chi connectivity index (χ2v) is 4.88. The highest BCUT2D eigenvalue weighted by Gasteiger charge is 1.99. The van der Waals surface area contributed by atoms with Crippen molar-refractivity contribution < 1.29 is 4.74 Å². The van der Waals surface area contributed by atoms with E-state index in [2.05, 4.69) is 45.0 Å². The van der Waals surface area contributed by atoms with Gasteiger partial charge in [0.2, 0.25) is 0 Å². The molecular formula is C12H28N2O. The minimum atomic E-state index is 0.579. The van der Waals surface area contributed by atoms with Gasteiger partial charge in [-0.3, -0.25) is 0 Å². The Balaban J connectivity index is 3.22. The van der Waals surface area contributed by atoms with Gasteiger partial charge in [-0.15, -0.1) is 0 Å². The highest BCUT2D eigenvalue weighted by atomic mass is 16.5. The van der Waals surface area contributed by atoms with E-state index in [0.29, 0.717) is 12.0 Å².